The van der Waals surface area contributed by atoms with Gasteiger partial charge >= 0.3 is 5.97 Å². The van der Waals surface area contributed by atoms with Crippen LogP contribution in [0.25, 0.3) is 11.1 Å². The number of aromatic nitrogens is 2. The summed E-state index contributed by atoms with van der Waals surface area (Å²) in [6.45, 7) is 1.89. The number of nitrogens with zero attached hydrogens (tertiary/aromatic N) is 2. The van der Waals surface area contributed by atoms with Crippen LogP contribution < -0.4 is 0 Å². The number of benzene rings is 1. The topological polar surface area (TPSA) is 52.1 Å². The molecule has 17 heavy (non-hydrogen) atoms. The predicted octanol–water partition coefficient (Wildman–Crippen LogP) is 2.24. The number of aryl methyl sites for hydroxylation is 1. The molecule has 0 unspecified atom stereocenters. The maximum Gasteiger partial charge on any atom is 0.337 e. The van der Waals surface area contributed by atoms with Gasteiger partial charge in [-0.15, -0.1) is 0 Å². The molecule has 1 aromatic carbocycles. The van der Waals surface area contributed by atoms with Crippen molar-refractivity contribution in [3.63, 3.8) is 0 Å². The van der Waals surface area contributed by atoms with Gasteiger partial charge in [-0.05, 0) is 30.7 Å². The largest absolute Gasteiger partial charge is 0.465 e. The van der Waals surface area contributed by atoms with Crippen LogP contribution in [0, 0.1) is 6.92 Å². The first-order valence-corrected chi connectivity index (χ1v) is 5.19. The highest BCUT2D eigenvalue weighted by Gasteiger charge is 2.05. The summed E-state index contributed by atoms with van der Waals surface area (Å²) in [4.78, 5) is 11.3. The first kappa shape index (κ1) is 11.3. The van der Waals surface area contributed by atoms with E-state index in [1.165, 1.54) is 7.11 Å². The lowest BCUT2D eigenvalue weighted by atomic mass is 10.1. The molecule has 0 saturated heterocycles. The van der Waals surface area contributed by atoms with Gasteiger partial charge in [0.15, 0.2) is 0 Å². The molecule has 0 radical (unpaired) electrons. The zero-order chi connectivity index (χ0) is 12.3. The summed E-state index contributed by atoms with van der Waals surface area (Å²) in [5.41, 5.74) is 3.37. The Morgan fingerprint density at radius 2 is 1.88 bits per heavy atom. The summed E-state index contributed by atoms with van der Waals surface area (Å²) in [6, 6.07) is 9.14. The van der Waals surface area contributed by atoms with E-state index in [0.29, 0.717) is 5.56 Å². The Bertz CT molecular complexity index is 535. The highest BCUT2D eigenvalue weighted by molar-refractivity contribution is 5.89. The van der Waals surface area contributed by atoms with Crippen LogP contribution in [-0.2, 0) is 4.74 Å². The zero-order valence-electron chi connectivity index (χ0n) is 9.68. The number of hydrogen-bond donors (Lipinski definition) is 0. The smallest absolute Gasteiger partial charge is 0.337 e. The standard InChI is InChI=1S/C13H12N2O2/c1-9-7-12(8-14-15-9)10-3-5-11(6-4-10)13(16)17-2/h3-8H,1-2H3. The molecule has 0 aliphatic heterocycles. The highest BCUT2D eigenvalue weighted by Crippen LogP contribution is 2.19. The van der Waals surface area contributed by atoms with E-state index in [0.717, 1.165) is 16.8 Å². The molecule has 86 valence electrons. The minimum absolute atomic E-state index is 0.333. The molecule has 1 heterocycles. The summed E-state index contributed by atoms with van der Waals surface area (Å²) in [5, 5.41) is 7.79. The second-order valence-corrected chi connectivity index (χ2v) is 3.65. The molecule has 4 heteroatoms. The van der Waals surface area contributed by atoms with Crippen molar-refractivity contribution in [1.29, 1.82) is 0 Å². The van der Waals surface area contributed by atoms with Crippen LogP contribution in [0.5, 0.6) is 0 Å². The van der Waals surface area contributed by atoms with Crippen molar-refractivity contribution < 1.29 is 9.53 Å². The van der Waals surface area contributed by atoms with Crippen molar-refractivity contribution in [1.82, 2.24) is 10.2 Å². The van der Waals surface area contributed by atoms with E-state index in [-0.39, 0.29) is 5.97 Å². The molecule has 0 N–H and O–H groups in total. The summed E-state index contributed by atoms with van der Waals surface area (Å²) in [7, 11) is 1.37. The molecule has 0 spiro atoms. The SMILES string of the molecule is COC(=O)c1ccc(-c2cnnc(C)c2)cc1. The maximum absolute atomic E-state index is 11.3. The number of rotatable bonds is 2. The Kier molecular flexibility index (Phi) is 3.14. The summed E-state index contributed by atoms with van der Waals surface area (Å²) in [6.07, 6.45) is 1.69. The van der Waals surface area contributed by atoms with Gasteiger partial charge in [-0.1, -0.05) is 12.1 Å². The summed E-state index contributed by atoms with van der Waals surface area (Å²) >= 11 is 0. The van der Waals surface area contributed by atoms with E-state index in [1.807, 2.05) is 25.1 Å². The lowest BCUT2D eigenvalue weighted by Crippen LogP contribution is -2.00. The minimum atomic E-state index is -0.333. The average molecular weight is 228 g/mol. The molecule has 0 atom stereocenters. The minimum Gasteiger partial charge on any atom is -0.465 e. The average Bonchev–Trinajstić information content (AvgIpc) is 2.38. The number of hydrogen-bond acceptors (Lipinski definition) is 4. The Labute approximate surface area is 99.3 Å². The Morgan fingerprint density at radius 3 is 2.47 bits per heavy atom. The molecule has 1 aromatic heterocycles. The van der Waals surface area contributed by atoms with Crippen LogP contribution in [0.2, 0.25) is 0 Å². The van der Waals surface area contributed by atoms with E-state index in [4.69, 9.17) is 0 Å². The Hall–Kier alpha value is -2.23. The summed E-state index contributed by atoms with van der Waals surface area (Å²) in [5.74, 6) is -0.333. The second kappa shape index (κ2) is 4.74. The molecular formula is C13H12N2O2. The second-order valence-electron chi connectivity index (χ2n) is 3.65. The molecule has 0 amide bonds. The van der Waals surface area contributed by atoms with Crippen LogP contribution in [0.4, 0.5) is 0 Å². The van der Waals surface area contributed by atoms with Crippen LogP contribution in [-0.4, -0.2) is 23.3 Å². The van der Waals surface area contributed by atoms with E-state index >= 15 is 0 Å². The predicted molar refractivity (Wildman–Crippen MR) is 63.5 cm³/mol. The van der Waals surface area contributed by atoms with Gasteiger partial charge in [0.25, 0.3) is 0 Å². The number of carbonyl (C=O) groups is 1. The van der Waals surface area contributed by atoms with Crippen molar-refractivity contribution >= 4 is 5.97 Å². The van der Waals surface area contributed by atoms with Gasteiger partial charge in [-0.2, -0.15) is 10.2 Å². The van der Waals surface area contributed by atoms with Crippen molar-refractivity contribution in [3.8, 4) is 11.1 Å². The van der Waals surface area contributed by atoms with Crippen LogP contribution in [0.3, 0.4) is 0 Å². The van der Waals surface area contributed by atoms with Gasteiger partial charge in [-0.3, -0.25) is 0 Å². The highest BCUT2D eigenvalue weighted by atomic mass is 16.5. The first-order valence-electron chi connectivity index (χ1n) is 5.19. The molecule has 4 nitrogen and oxygen atoms in total. The normalized spacial score (nSPS) is 10.0. The van der Waals surface area contributed by atoms with Crippen LogP contribution in [0.15, 0.2) is 36.5 Å². The van der Waals surface area contributed by atoms with Crippen LogP contribution >= 0.6 is 0 Å². The first-order chi connectivity index (χ1) is 8.20. The molecule has 0 fully saturated rings. The number of methoxy groups -OCH3 is 1. The Balaban J connectivity index is 2.32. The molecule has 0 bridgehead atoms. The van der Waals surface area contributed by atoms with Crippen molar-refractivity contribution in [2.75, 3.05) is 7.11 Å². The molecule has 2 rings (SSSR count). The Morgan fingerprint density at radius 1 is 1.18 bits per heavy atom. The fourth-order valence-corrected chi connectivity index (χ4v) is 1.55. The quantitative estimate of drug-likeness (QED) is 0.740. The molecule has 0 aliphatic carbocycles. The molecule has 0 aliphatic rings. The lowest BCUT2D eigenvalue weighted by Gasteiger charge is -2.03. The van der Waals surface area contributed by atoms with Gasteiger partial charge in [0.1, 0.15) is 0 Å². The number of ether oxygens (including phenoxy) is 1. The fraction of sp³-hybridized carbons (Fsp3) is 0.154. The van der Waals surface area contributed by atoms with E-state index in [9.17, 15) is 4.79 Å². The molecular weight excluding hydrogens is 216 g/mol. The van der Waals surface area contributed by atoms with Gasteiger partial charge in [0.05, 0.1) is 24.6 Å². The van der Waals surface area contributed by atoms with Crippen LogP contribution in [0.1, 0.15) is 16.1 Å². The third-order valence-electron chi connectivity index (χ3n) is 2.42. The van der Waals surface area contributed by atoms with Crippen molar-refractivity contribution in [2.45, 2.75) is 6.92 Å². The lowest BCUT2D eigenvalue weighted by molar-refractivity contribution is 0.0601. The van der Waals surface area contributed by atoms with Gasteiger partial charge in [0.2, 0.25) is 0 Å². The number of carbonyl (C=O) groups excluding carboxylic acids is 1. The van der Waals surface area contributed by atoms with Gasteiger partial charge in [-0.25, -0.2) is 4.79 Å². The summed E-state index contributed by atoms with van der Waals surface area (Å²) < 4.78 is 4.64. The van der Waals surface area contributed by atoms with E-state index in [2.05, 4.69) is 14.9 Å². The third-order valence-corrected chi connectivity index (χ3v) is 2.42. The number of esters is 1. The molecule has 0 saturated carbocycles. The van der Waals surface area contributed by atoms with E-state index in [1.54, 1.807) is 18.3 Å². The maximum atomic E-state index is 11.3. The monoisotopic (exact) mass is 228 g/mol. The van der Waals surface area contributed by atoms with Gasteiger partial charge in [0, 0.05) is 5.56 Å². The molecule has 2 aromatic rings. The van der Waals surface area contributed by atoms with E-state index < -0.39 is 0 Å². The van der Waals surface area contributed by atoms with Crippen molar-refractivity contribution in [3.05, 3.63) is 47.8 Å². The van der Waals surface area contributed by atoms with Crippen molar-refractivity contribution in [2.24, 2.45) is 0 Å². The fourth-order valence-electron chi connectivity index (χ4n) is 1.55. The third kappa shape index (κ3) is 2.47. The zero-order valence-corrected chi connectivity index (χ0v) is 9.68. The van der Waals surface area contributed by atoms with Gasteiger partial charge < -0.3 is 4.74 Å².